The molecule has 0 aromatic heterocycles. The summed E-state index contributed by atoms with van der Waals surface area (Å²) in [6.45, 7) is 1.42. The van der Waals surface area contributed by atoms with Gasteiger partial charge in [-0.1, -0.05) is 47.0 Å². The quantitative estimate of drug-likeness (QED) is 0.434. The summed E-state index contributed by atoms with van der Waals surface area (Å²) in [5.74, 6) is -0.524. The third-order valence-corrected chi connectivity index (χ3v) is 7.45. The Morgan fingerprint density at radius 3 is 2.37 bits per heavy atom. The lowest BCUT2D eigenvalue weighted by Crippen LogP contribution is -2.38. The number of aryl methyl sites for hydroxylation is 1. The van der Waals surface area contributed by atoms with Gasteiger partial charge in [-0.05, 0) is 71.4 Å². The van der Waals surface area contributed by atoms with Gasteiger partial charge in [-0.2, -0.15) is 0 Å². The van der Waals surface area contributed by atoms with Crippen LogP contribution in [0.25, 0.3) is 0 Å². The Morgan fingerprint density at radius 2 is 1.73 bits per heavy atom. The molecule has 0 heterocycles. The molecular formula is C21H17BrCl2N2O3S. The van der Waals surface area contributed by atoms with E-state index in [-0.39, 0.29) is 10.6 Å². The number of carbonyl (C=O) groups is 1. The van der Waals surface area contributed by atoms with Crippen LogP contribution in [0.1, 0.15) is 5.56 Å². The summed E-state index contributed by atoms with van der Waals surface area (Å²) in [5.41, 5.74) is 1.66. The first-order valence-electron chi connectivity index (χ1n) is 8.77. The van der Waals surface area contributed by atoms with Crippen molar-refractivity contribution >= 4 is 66.4 Å². The Labute approximate surface area is 193 Å². The average Bonchev–Trinajstić information content (AvgIpc) is 2.69. The molecule has 0 aliphatic carbocycles. The Hall–Kier alpha value is -2.06. The van der Waals surface area contributed by atoms with E-state index in [1.807, 2.05) is 6.92 Å². The van der Waals surface area contributed by atoms with Gasteiger partial charge in [0.05, 0.1) is 15.6 Å². The standard InChI is InChI=1S/C21H17BrCl2N2O3S/c1-14-5-8-18(9-6-14)30(28,29)26(17-4-2-3-15(23)11-17)13-21(27)25-16-7-10-19(22)20(24)12-16/h2-12H,13H2,1H3,(H,25,27). The molecular weight excluding hydrogens is 511 g/mol. The van der Waals surface area contributed by atoms with Crippen molar-refractivity contribution in [3.8, 4) is 0 Å². The second kappa shape index (κ2) is 9.39. The van der Waals surface area contributed by atoms with Gasteiger partial charge in [0.1, 0.15) is 6.54 Å². The number of anilines is 2. The van der Waals surface area contributed by atoms with E-state index in [1.54, 1.807) is 48.5 Å². The Kier molecular flexibility index (Phi) is 7.08. The second-order valence-corrected chi connectivity index (χ2v) is 10.0. The molecule has 156 valence electrons. The molecule has 0 fully saturated rings. The number of amides is 1. The summed E-state index contributed by atoms with van der Waals surface area (Å²) in [7, 11) is -4.01. The van der Waals surface area contributed by atoms with Crippen LogP contribution in [-0.4, -0.2) is 20.9 Å². The molecule has 0 atom stereocenters. The molecule has 30 heavy (non-hydrogen) atoms. The number of rotatable bonds is 6. The maximum Gasteiger partial charge on any atom is 0.264 e. The smallest absolute Gasteiger partial charge is 0.264 e. The van der Waals surface area contributed by atoms with Gasteiger partial charge in [-0.15, -0.1) is 0 Å². The summed E-state index contributed by atoms with van der Waals surface area (Å²) in [6, 6.07) is 17.7. The normalized spacial score (nSPS) is 11.2. The summed E-state index contributed by atoms with van der Waals surface area (Å²) < 4.78 is 28.3. The maximum atomic E-state index is 13.3. The van der Waals surface area contributed by atoms with Gasteiger partial charge in [0.25, 0.3) is 10.0 Å². The molecule has 0 aliphatic heterocycles. The van der Waals surface area contributed by atoms with Gasteiger partial charge in [-0.25, -0.2) is 8.42 Å². The molecule has 9 heteroatoms. The molecule has 0 radical (unpaired) electrons. The topological polar surface area (TPSA) is 66.5 Å². The van der Waals surface area contributed by atoms with E-state index >= 15 is 0 Å². The fourth-order valence-electron chi connectivity index (χ4n) is 2.69. The predicted molar refractivity (Wildman–Crippen MR) is 125 cm³/mol. The first-order chi connectivity index (χ1) is 14.2. The molecule has 0 bridgehead atoms. The monoisotopic (exact) mass is 526 g/mol. The molecule has 0 unspecified atom stereocenters. The minimum absolute atomic E-state index is 0.0764. The number of sulfonamides is 1. The molecule has 5 nitrogen and oxygen atoms in total. The van der Waals surface area contributed by atoms with Crippen LogP contribution in [0.5, 0.6) is 0 Å². The lowest BCUT2D eigenvalue weighted by molar-refractivity contribution is -0.114. The number of nitrogens with zero attached hydrogens (tertiary/aromatic N) is 1. The zero-order valence-electron chi connectivity index (χ0n) is 15.8. The summed E-state index contributed by atoms with van der Waals surface area (Å²) in [4.78, 5) is 12.8. The van der Waals surface area contributed by atoms with Crippen LogP contribution in [0, 0.1) is 6.92 Å². The highest BCUT2D eigenvalue weighted by Gasteiger charge is 2.27. The molecule has 0 spiro atoms. The predicted octanol–water partition coefficient (Wildman–Crippen LogP) is 5.90. The van der Waals surface area contributed by atoms with Crippen molar-refractivity contribution in [2.45, 2.75) is 11.8 Å². The zero-order chi connectivity index (χ0) is 21.9. The first kappa shape index (κ1) is 22.6. The van der Waals surface area contributed by atoms with Crippen molar-refractivity contribution in [2.24, 2.45) is 0 Å². The van der Waals surface area contributed by atoms with Gasteiger partial charge in [0.2, 0.25) is 5.91 Å². The van der Waals surface area contributed by atoms with Crippen molar-refractivity contribution < 1.29 is 13.2 Å². The van der Waals surface area contributed by atoms with Crippen LogP contribution in [-0.2, 0) is 14.8 Å². The number of nitrogens with one attached hydrogen (secondary N) is 1. The SMILES string of the molecule is Cc1ccc(S(=O)(=O)N(CC(=O)Nc2ccc(Br)c(Cl)c2)c2cccc(Cl)c2)cc1. The lowest BCUT2D eigenvalue weighted by atomic mass is 10.2. The zero-order valence-corrected chi connectivity index (χ0v) is 19.7. The molecule has 3 aromatic carbocycles. The molecule has 3 rings (SSSR count). The molecule has 0 aliphatic rings. The van der Waals surface area contributed by atoms with Gasteiger partial charge in [0, 0.05) is 15.2 Å². The highest BCUT2D eigenvalue weighted by atomic mass is 79.9. The van der Waals surface area contributed by atoms with Crippen LogP contribution >= 0.6 is 39.1 Å². The van der Waals surface area contributed by atoms with Crippen molar-refractivity contribution in [3.05, 3.63) is 86.8 Å². The van der Waals surface area contributed by atoms with E-state index in [9.17, 15) is 13.2 Å². The van der Waals surface area contributed by atoms with E-state index in [4.69, 9.17) is 23.2 Å². The van der Waals surface area contributed by atoms with Crippen LogP contribution in [0.3, 0.4) is 0 Å². The number of hydrogen-bond acceptors (Lipinski definition) is 3. The largest absolute Gasteiger partial charge is 0.324 e. The van der Waals surface area contributed by atoms with Gasteiger partial charge in [0.15, 0.2) is 0 Å². The Bertz CT molecular complexity index is 1190. The lowest BCUT2D eigenvalue weighted by Gasteiger charge is -2.24. The summed E-state index contributed by atoms with van der Waals surface area (Å²) >= 11 is 15.4. The van der Waals surface area contributed by atoms with E-state index in [1.165, 1.54) is 18.2 Å². The van der Waals surface area contributed by atoms with E-state index in [2.05, 4.69) is 21.2 Å². The van der Waals surface area contributed by atoms with Gasteiger partial charge in [-0.3, -0.25) is 9.10 Å². The minimum Gasteiger partial charge on any atom is -0.324 e. The van der Waals surface area contributed by atoms with Crippen molar-refractivity contribution in [1.29, 1.82) is 0 Å². The van der Waals surface area contributed by atoms with Gasteiger partial charge >= 0.3 is 0 Å². The number of hydrogen-bond donors (Lipinski definition) is 1. The number of carbonyl (C=O) groups excluding carboxylic acids is 1. The van der Waals surface area contributed by atoms with Crippen molar-refractivity contribution in [2.75, 3.05) is 16.2 Å². The number of benzene rings is 3. The molecule has 1 N–H and O–H groups in total. The molecule has 1 amide bonds. The Morgan fingerprint density at radius 1 is 1.03 bits per heavy atom. The fraction of sp³-hybridized carbons (Fsp3) is 0.0952. The third-order valence-electron chi connectivity index (χ3n) is 4.20. The molecule has 3 aromatic rings. The van der Waals surface area contributed by atoms with Crippen LogP contribution in [0.2, 0.25) is 10.0 Å². The molecule has 0 saturated carbocycles. The van der Waals surface area contributed by atoms with Gasteiger partial charge < -0.3 is 5.32 Å². The summed E-state index contributed by atoms with van der Waals surface area (Å²) in [5, 5.41) is 3.46. The van der Waals surface area contributed by atoms with Crippen LogP contribution in [0.4, 0.5) is 11.4 Å². The second-order valence-electron chi connectivity index (χ2n) is 6.48. The van der Waals surface area contributed by atoms with E-state index in [0.29, 0.717) is 20.2 Å². The molecule has 0 saturated heterocycles. The highest BCUT2D eigenvalue weighted by Crippen LogP contribution is 2.28. The van der Waals surface area contributed by atoms with Crippen molar-refractivity contribution in [3.63, 3.8) is 0 Å². The Balaban J connectivity index is 1.94. The average molecular weight is 528 g/mol. The third kappa shape index (κ3) is 5.35. The fourth-order valence-corrected chi connectivity index (χ4v) is 4.71. The highest BCUT2D eigenvalue weighted by molar-refractivity contribution is 9.10. The maximum absolute atomic E-state index is 13.3. The van der Waals surface area contributed by atoms with Crippen LogP contribution < -0.4 is 9.62 Å². The van der Waals surface area contributed by atoms with E-state index in [0.717, 1.165) is 9.87 Å². The minimum atomic E-state index is -4.01. The van der Waals surface area contributed by atoms with Crippen molar-refractivity contribution in [1.82, 2.24) is 0 Å². The first-order valence-corrected chi connectivity index (χ1v) is 11.8. The number of halogens is 3. The van der Waals surface area contributed by atoms with E-state index < -0.39 is 22.5 Å². The van der Waals surface area contributed by atoms with Crippen LogP contribution in [0.15, 0.2) is 76.1 Å². The summed E-state index contributed by atoms with van der Waals surface area (Å²) in [6.07, 6.45) is 0.